The second-order valence-electron chi connectivity index (χ2n) is 5.12. The Labute approximate surface area is 138 Å². The van der Waals surface area contributed by atoms with Gasteiger partial charge in [-0.2, -0.15) is 0 Å². The van der Waals surface area contributed by atoms with E-state index in [0.29, 0.717) is 24.3 Å². The van der Waals surface area contributed by atoms with E-state index in [1.54, 1.807) is 24.3 Å². The van der Waals surface area contributed by atoms with Crippen molar-refractivity contribution in [1.29, 1.82) is 0 Å². The summed E-state index contributed by atoms with van der Waals surface area (Å²) >= 11 is 1.59. The number of ether oxygens (including phenoxy) is 1. The number of thiazole rings is 1. The summed E-state index contributed by atoms with van der Waals surface area (Å²) in [6.45, 7) is 4.21. The van der Waals surface area contributed by atoms with E-state index in [2.05, 4.69) is 15.6 Å². The van der Waals surface area contributed by atoms with Gasteiger partial charge in [0.2, 0.25) is 0 Å². The third-order valence-corrected chi connectivity index (χ3v) is 4.16. The molecule has 1 aromatic heterocycles. The van der Waals surface area contributed by atoms with E-state index in [-0.39, 0.29) is 17.9 Å². The minimum absolute atomic E-state index is 0.309. The van der Waals surface area contributed by atoms with Crippen LogP contribution in [0.5, 0.6) is 5.75 Å². The van der Waals surface area contributed by atoms with Crippen molar-refractivity contribution in [3.63, 3.8) is 0 Å². The molecule has 0 saturated carbocycles. The fraction of sp³-hybridized carbons (Fsp3) is 0.375. The smallest absolute Gasteiger partial charge is 0.315 e. The summed E-state index contributed by atoms with van der Waals surface area (Å²) in [5.41, 5.74) is 1.56. The normalized spacial score (nSPS) is 11.8. The van der Waals surface area contributed by atoms with Gasteiger partial charge in [-0.25, -0.2) is 14.2 Å². The molecule has 5 nitrogen and oxygen atoms in total. The SMILES string of the molecule is COc1ccc(F)cc1C(C)NC(=O)NCCc1csc(C)n1. The number of hydrogen-bond donors (Lipinski definition) is 2. The van der Waals surface area contributed by atoms with Crippen molar-refractivity contribution in [3.8, 4) is 5.75 Å². The molecule has 0 spiro atoms. The summed E-state index contributed by atoms with van der Waals surface area (Å²) in [4.78, 5) is 16.3. The molecule has 1 atom stereocenters. The molecule has 0 aliphatic heterocycles. The number of rotatable bonds is 6. The zero-order valence-electron chi connectivity index (χ0n) is 13.4. The van der Waals surface area contributed by atoms with Crippen molar-refractivity contribution < 1.29 is 13.9 Å². The van der Waals surface area contributed by atoms with Gasteiger partial charge in [0.15, 0.2) is 0 Å². The lowest BCUT2D eigenvalue weighted by molar-refractivity contribution is 0.237. The number of methoxy groups -OCH3 is 1. The Balaban J connectivity index is 1.86. The predicted molar refractivity (Wildman–Crippen MR) is 88.5 cm³/mol. The van der Waals surface area contributed by atoms with Crippen LogP contribution >= 0.6 is 11.3 Å². The number of urea groups is 1. The van der Waals surface area contributed by atoms with Crippen LogP contribution in [0.15, 0.2) is 23.6 Å². The predicted octanol–water partition coefficient (Wildman–Crippen LogP) is 3.20. The van der Waals surface area contributed by atoms with E-state index in [9.17, 15) is 9.18 Å². The number of nitrogens with one attached hydrogen (secondary N) is 2. The van der Waals surface area contributed by atoms with Crippen molar-refractivity contribution >= 4 is 17.4 Å². The molecule has 124 valence electrons. The highest BCUT2D eigenvalue weighted by molar-refractivity contribution is 7.09. The van der Waals surface area contributed by atoms with Crippen LogP contribution in [0.2, 0.25) is 0 Å². The van der Waals surface area contributed by atoms with Crippen LogP contribution in [0, 0.1) is 12.7 Å². The molecule has 7 heteroatoms. The average Bonchev–Trinajstić information content (AvgIpc) is 2.92. The Kier molecular flexibility index (Phi) is 5.92. The van der Waals surface area contributed by atoms with Crippen molar-refractivity contribution in [2.45, 2.75) is 26.3 Å². The first kappa shape index (κ1) is 17.2. The maximum atomic E-state index is 13.4. The Morgan fingerprint density at radius 3 is 2.91 bits per heavy atom. The summed E-state index contributed by atoms with van der Waals surface area (Å²) in [6.07, 6.45) is 0.676. The molecule has 0 aliphatic carbocycles. The van der Waals surface area contributed by atoms with Gasteiger partial charge in [-0.3, -0.25) is 0 Å². The van der Waals surface area contributed by atoms with Gasteiger partial charge in [-0.15, -0.1) is 11.3 Å². The Morgan fingerprint density at radius 1 is 1.48 bits per heavy atom. The van der Waals surface area contributed by atoms with Gasteiger partial charge in [0.1, 0.15) is 11.6 Å². The number of benzene rings is 1. The molecule has 2 amide bonds. The van der Waals surface area contributed by atoms with E-state index < -0.39 is 0 Å². The fourth-order valence-electron chi connectivity index (χ4n) is 2.20. The Hall–Kier alpha value is -2.15. The molecule has 2 N–H and O–H groups in total. The van der Waals surface area contributed by atoms with Crippen molar-refractivity contribution in [2.24, 2.45) is 0 Å². The van der Waals surface area contributed by atoms with Crippen LogP contribution in [0.1, 0.15) is 29.2 Å². The van der Waals surface area contributed by atoms with E-state index in [4.69, 9.17) is 4.74 Å². The molecule has 0 saturated heterocycles. The molecule has 1 unspecified atom stereocenters. The lowest BCUT2D eigenvalue weighted by Gasteiger charge is -2.17. The third kappa shape index (κ3) is 4.92. The molecule has 2 rings (SSSR count). The number of nitrogens with zero attached hydrogens (tertiary/aromatic N) is 1. The van der Waals surface area contributed by atoms with E-state index in [1.165, 1.54) is 19.2 Å². The van der Waals surface area contributed by atoms with E-state index >= 15 is 0 Å². The molecule has 1 aromatic carbocycles. The molecule has 0 fully saturated rings. The van der Waals surface area contributed by atoms with Gasteiger partial charge < -0.3 is 15.4 Å². The largest absolute Gasteiger partial charge is 0.496 e. The standard InChI is InChI=1S/C16H20FN3O2S/c1-10(14-8-12(17)4-5-15(14)22-3)19-16(21)18-7-6-13-9-23-11(2)20-13/h4-5,8-10H,6-7H2,1-3H3,(H2,18,19,21). The minimum Gasteiger partial charge on any atom is -0.496 e. The summed E-state index contributed by atoms with van der Waals surface area (Å²) < 4.78 is 18.6. The minimum atomic E-state index is -0.373. The van der Waals surface area contributed by atoms with Crippen LogP contribution in [-0.2, 0) is 6.42 Å². The van der Waals surface area contributed by atoms with Crippen LogP contribution in [0.4, 0.5) is 9.18 Å². The number of carbonyl (C=O) groups is 1. The first-order valence-electron chi connectivity index (χ1n) is 7.28. The van der Waals surface area contributed by atoms with Crippen LogP contribution in [-0.4, -0.2) is 24.7 Å². The number of amides is 2. The Bertz CT molecular complexity index is 675. The van der Waals surface area contributed by atoms with Gasteiger partial charge in [0, 0.05) is 23.9 Å². The maximum absolute atomic E-state index is 13.4. The first-order chi connectivity index (χ1) is 11.0. The van der Waals surface area contributed by atoms with Gasteiger partial charge in [0.05, 0.1) is 23.9 Å². The third-order valence-electron chi connectivity index (χ3n) is 3.34. The molecule has 23 heavy (non-hydrogen) atoms. The molecule has 0 radical (unpaired) electrons. The number of hydrogen-bond acceptors (Lipinski definition) is 4. The highest BCUT2D eigenvalue weighted by atomic mass is 32.1. The average molecular weight is 337 g/mol. The number of halogens is 1. The van der Waals surface area contributed by atoms with Crippen LogP contribution in [0.3, 0.4) is 0 Å². The van der Waals surface area contributed by atoms with Gasteiger partial charge >= 0.3 is 6.03 Å². The van der Waals surface area contributed by atoms with Gasteiger partial charge in [-0.05, 0) is 32.0 Å². The zero-order chi connectivity index (χ0) is 16.8. The number of carbonyl (C=O) groups excluding carboxylic acids is 1. The maximum Gasteiger partial charge on any atom is 0.315 e. The second-order valence-corrected chi connectivity index (χ2v) is 6.18. The second kappa shape index (κ2) is 7.92. The molecular formula is C16H20FN3O2S. The molecule has 0 bridgehead atoms. The van der Waals surface area contributed by atoms with Crippen molar-refractivity contribution in [1.82, 2.24) is 15.6 Å². The van der Waals surface area contributed by atoms with E-state index in [0.717, 1.165) is 10.7 Å². The van der Waals surface area contributed by atoms with Crippen molar-refractivity contribution in [2.75, 3.05) is 13.7 Å². The first-order valence-corrected chi connectivity index (χ1v) is 8.16. The monoisotopic (exact) mass is 337 g/mol. The van der Waals surface area contributed by atoms with Gasteiger partial charge in [-0.1, -0.05) is 0 Å². The summed E-state index contributed by atoms with van der Waals surface area (Å²) in [5, 5.41) is 8.54. The number of aryl methyl sites for hydroxylation is 1. The molecule has 0 aliphatic rings. The quantitative estimate of drug-likeness (QED) is 0.851. The van der Waals surface area contributed by atoms with Crippen molar-refractivity contribution in [3.05, 3.63) is 45.7 Å². The highest BCUT2D eigenvalue weighted by Gasteiger charge is 2.14. The molecule has 2 aromatic rings. The van der Waals surface area contributed by atoms with Gasteiger partial charge in [0.25, 0.3) is 0 Å². The topological polar surface area (TPSA) is 63.2 Å². The molecular weight excluding hydrogens is 317 g/mol. The summed E-state index contributed by atoms with van der Waals surface area (Å²) in [6, 6.07) is 3.55. The van der Waals surface area contributed by atoms with Crippen LogP contribution in [0.25, 0.3) is 0 Å². The van der Waals surface area contributed by atoms with Crippen LogP contribution < -0.4 is 15.4 Å². The Morgan fingerprint density at radius 2 is 2.26 bits per heavy atom. The summed E-state index contributed by atoms with van der Waals surface area (Å²) in [7, 11) is 1.51. The molecule has 1 heterocycles. The summed E-state index contributed by atoms with van der Waals surface area (Å²) in [5.74, 6) is 0.172. The lowest BCUT2D eigenvalue weighted by Crippen LogP contribution is -2.38. The highest BCUT2D eigenvalue weighted by Crippen LogP contribution is 2.25. The van der Waals surface area contributed by atoms with E-state index in [1.807, 2.05) is 12.3 Å². The fourth-order valence-corrected chi connectivity index (χ4v) is 2.84. The number of aromatic nitrogens is 1. The zero-order valence-corrected chi connectivity index (χ0v) is 14.2. The lowest BCUT2D eigenvalue weighted by atomic mass is 10.1.